The first kappa shape index (κ1) is 12.8. The average Bonchev–Trinajstić information content (AvgIpc) is 2.41. The SMILES string of the molecule is C/C(Br)=C(\C=C/c1ccccc1)c1ccccc1. The van der Waals surface area contributed by atoms with Crippen molar-refractivity contribution in [2.24, 2.45) is 0 Å². The Morgan fingerprint density at radius 3 is 2.00 bits per heavy atom. The molecule has 0 radical (unpaired) electrons. The Morgan fingerprint density at radius 2 is 1.44 bits per heavy atom. The molecule has 0 bridgehead atoms. The summed E-state index contributed by atoms with van der Waals surface area (Å²) in [4.78, 5) is 0. The fraction of sp³-hybridized carbons (Fsp3) is 0.0588. The summed E-state index contributed by atoms with van der Waals surface area (Å²) in [6.07, 6.45) is 4.28. The van der Waals surface area contributed by atoms with Gasteiger partial charge in [-0.05, 0) is 28.1 Å². The van der Waals surface area contributed by atoms with E-state index in [1.165, 1.54) is 16.7 Å². The number of allylic oxidation sites excluding steroid dienone is 3. The van der Waals surface area contributed by atoms with Crippen molar-refractivity contribution in [3.63, 3.8) is 0 Å². The normalized spacial score (nSPS) is 12.6. The lowest BCUT2D eigenvalue weighted by molar-refractivity contribution is 1.58. The van der Waals surface area contributed by atoms with E-state index in [1.807, 2.05) is 24.3 Å². The number of rotatable bonds is 3. The molecule has 0 N–H and O–H groups in total. The molecule has 1 heteroatoms. The van der Waals surface area contributed by atoms with Crippen LogP contribution in [0.4, 0.5) is 0 Å². The molecule has 0 saturated heterocycles. The highest BCUT2D eigenvalue weighted by Gasteiger charge is 1.99. The van der Waals surface area contributed by atoms with Gasteiger partial charge in [-0.15, -0.1) is 0 Å². The number of halogens is 1. The Hall–Kier alpha value is -1.60. The maximum absolute atomic E-state index is 3.58. The molecule has 0 heterocycles. The van der Waals surface area contributed by atoms with Gasteiger partial charge in [0.05, 0.1) is 0 Å². The van der Waals surface area contributed by atoms with Crippen LogP contribution in [-0.2, 0) is 0 Å². The van der Waals surface area contributed by atoms with Crippen molar-refractivity contribution >= 4 is 27.6 Å². The van der Waals surface area contributed by atoms with E-state index in [0.717, 1.165) is 4.48 Å². The van der Waals surface area contributed by atoms with Crippen LogP contribution in [0.25, 0.3) is 11.6 Å². The predicted molar refractivity (Wildman–Crippen MR) is 83.4 cm³/mol. The lowest BCUT2D eigenvalue weighted by atomic mass is 10.0. The smallest absolute Gasteiger partial charge is 0.000202 e. The van der Waals surface area contributed by atoms with Crippen LogP contribution in [-0.4, -0.2) is 0 Å². The van der Waals surface area contributed by atoms with Gasteiger partial charge in [0.1, 0.15) is 0 Å². The van der Waals surface area contributed by atoms with Gasteiger partial charge < -0.3 is 0 Å². The Balaban J connectivity index is 2.30. The van der Waals surface area contributed by atoms with Crippen LogP contribution < -0.4 is 0 Å². The molecule has 18 heavy (non-hydrogen) atoms. The topological polar surface area (TPSA) is 0 Å². The van der Waals surface area contributed by atoms with E-state index < -0.39 is 0 Å². The van der Waals surface area contributed by atoms with Gasteiger partial charge in [0, 0.05) is 0 Å². The second-order valence-corrected chi connectivity index (χ2v) is 5.25. The monoisotopic (exact) mass is 298 g/mol. The van der Waals surface area contributed by atoms with E-state index in [1.54, 1.807) is 0 Å². The molecule has 0 unspecified atom stereocenters. The molecule has 0 aliphatic heterocycles. The van der Waals surface area contributed by atoms with Gasteiger partial charge in [0.2, 0.25) is 0 Å². The third-order valence-electron chi connectivity index (χ3n) is 2.70. The van der Waals surface area contributed by atoms with Crippen LogP contribution in [0.15, 0.2) is 71.2 Å². The van der Waals surface area contributed by atoms with E-state index in [0.29, 0.717) is 0 Å². The molecule has 0 amide bonds. The highest BCUT2D eigenvalue weighted by atomic mass is 79.9. The zero-order valence-corrected chi connectivity index (χ0v) is 11.9. The highest BCUT2D eigenvalue weighted by Crippen LogP contribution is 2.24. The van der Waals surface area contributed by atoms with Crippen LogP contribution in [0, 0.1) is 0 Å². The average molecular weight is 299 g/mol. The summed E-state index contributed by atoms with van der Waals surface area (Å²) in [5.41, 5.74) is 3.64. The van der Waals surface area contributed by atoms with Crippen molar-refractivity contribution in [3.8, 4) is 0 Å². The second kappa shape index (κ2) is 6.36. The maximum atomic E-state index is 3.58. The van der Waals surface area contributed by atoms with Gasteiger partial charge >= 0.3 is 0 Å². The van der Waals surface area contributed by atoms with E-state index in [4.69, 9.17) is 0 Å². The Labute approximate surface area is 117 Å². The zero-order chi connectivity index (χ0) is 12.8. The molecule has 0 nitrogen and oxygen atoms in total. The fourth-order valence-corrected chi connectivity index (χ4v) is 2.13. The van der Waals surface area contributed by atoms with Gasteiger partial charge in [0.25, 0.3) is 0 Å². The molecule has 0 aliphatic rings. The number of hydrogen-bond donors (Lipinski definition) is 0. The van der Waals surface area contributed by atoms with Crippen molar-refractivity contribution in [1.29, 1.82) is 0 Å². The molecule has 0 fully saturated rings. The first-order chi connectivity index (χ1) is 8.77. The van der Waals surface area contributed by atoms with Crippen LogP contribution in [0.1, 0.15) is 18.1 Å². The number of benzene rings is 2. The summed E-state index contributed by atoms with van der Waals surface area (Å²) in [5.74, 6) is 0. The second-order valence-electron chi connectivity index (χ2n) is 4.06. The van der Waals surface area contributed by atoms with E-state index in [2.05, 4.69) is 71.4 Å². The highest BCUT2D eigenvalue weighted by molar-refractivity contribution is 9.11. The quantitative estimate of drug-likeness (QED) is 0.654. The Kier molecular flexibility index (Phi) is 4.54. The third-order valence-corrected chi connectivity index (χ3v) is 3.13. The summed E-state index contributed by atoms with van der Waals surface area (Å²) in [5, 5.41) is 0. The van der Waals surface area contributed by atoms with Gasteiger partial charge in [-0.3, -0.25) is 0 Å². The molecule has 0 aromatic heterocycles. The lowest BCUT2D eigenvalue weighted by Gasteiger charge is -2.04. The predicted octanol–water partition coefficient (Wildman–Crippen LogP) is 5.53. The molecule has 2 rings (SSSR count). The molecule has 0 atom stereocenters. The first-order valence-corrected chi connectivity index (χ1v) is 6.71. The zero-order valence-electron chi connectivity index (χ0n) is 10.3. The fourth-order valence-electron chi connectivity index (χ4n) is 1.77. The summed E-state index contributed by atoms with van der Waals surface area (Å²) >= 11 is 3.58. The standard InChI is InChI=1S/C17H15Br/c1-14(18)17(16-10-6-3-7-11-16)13-12-15-8-4-2-5-9-15/h2-13H,1H3/b13-12-,17-14-. The van der Waals surface area contributed by atoms with Crippen LogP contribution in [0.3, 0.4) is 0 Å². The minimum atomic E-state index is 1.14. The van der Waals surface area contributed by atoms with Gasteiger partial charge in [-0.25, -0.2) is 0 Å². The summed E-state index contributed by atoms with van der Waals surface area (Å²) in [6.45, 7) is 2.07. The molecule has 2 aromatic carbocycles. The van der Waals surface area contributed by atoms with Crippen LogP contribution in [0.5, 0.6) is 0 Å². The Morgan fingerprint density at radius 1 is 0.889 bits per heavy atom. The Bertz CT molecular complexity index is 547. The lowest BCUT2D eigenvalue weighted by Crippen LogP contribution is -1.81. The largest absolute Gasteiger partial charge is 0.0622 e. The molecule has 0 aliphatic carbocycles. The summed E-state index contributed by atoms with van der Waals surface area (Å²) in [6, 6.07) is 20.7. The molecule has 0 spiro atoms. The number of hydrogen-bond acceptors (Lipinski definition) is 0. The van der Waals surface area contributed by atoms with Crippen molar-refractivity contribution in [2.75, 3.05) is 0 Å². The van der Waals surface area contributed by atoms with Gasteiger partial charge in [-0.2, -0.15) is 0 Å². The minimum Gasteiger partial charge on any atom is -0.0622 e. The van der Waals surface area contributed by atoms with Crippen molar-refractivity contribution < 1.29 is 0 Å². The van der Waals surface area contributed by atoms with E-state index >= 15 is 0 Å². The maximum Gasteiger partial charge on any atom is -0.000202 e. The van der Waals surface area contributed by atoms with Gasteiger partial charge in [-0.1, -0.05) is 88.7 Å². The van der Waals surface area contributed by atoms with Crippen molar-refractivity contribution in [3.05, 3.63) is 82.3 Å². The summed E-state index contributed by atoms with van der Waals surface area (Å²) < 4.78 is 1.14. The van der Waals surface area contributed by atoms with E-state index in [9.17, 15) is 0 Å². The third kappa shape index (κ3) is 3.44. The van der Waals surface area contributed by atoms with Crippen LogP contribution >= 0.6 is 15.9 Å². The molecular weight excluding hydrogens is 284 g/mol. The van der Waals surface area contributed by atoms with Gasteiger partial charge in [0.15, 0.2) is 0 Å². The molecule has 90 valence electrons. The van der Waals surface area contributed by atoms with Crippen LogP contribution in [0.2, 0.25) is 0 Å². The van der Waals surface area contributed by atoms with Crippen molar-refractivity contribution in [1.82, 2.24) is 0 Å². The molecule has 2 aromatic rings. The molecule has 0 saturated carbocycles. The van der Waals surface area contributed by atoms with E-state index in [-0.39, 0.29) is 0 Å². The first-order valence-electron chi connectivity index (χ1n) is 5.92. The summed E-state index contributed by atoms with van der Waals surface area (Å²) in [7, 11) is 0. The molecular formula is C17H15Br. The minimum absolute atomic E-state index is 1.14. The van der Waals surface area contributed by atoms with Crippen molar-refractivity contribution in [2.45, 2.75) is 6.92 Å².